The predicted molar refractivity (Wildman–Crippen MR) is 107 cm³/mol. The predicted octanol–water partition coefficient (Wildman–Crippen LogP) is 3.66. The third-order valence-electron chi connectivity index (χ3n) is 4.79. The van der Waals surface area contributed by atoms with Crippen molar-refractivity contribution < 1.29 is 9.47 Å². The number of nitrogen functional groups attached to an aromatic ring is 1. The lowest BCUT2D eigenvalue weighted by atomic mass is 9.94. The van der Waals surface area contributed by atoms with Gasteiger partial charge in [-0.15, -0.1) is 11.3 Å². The third-order valence-corrected chi connectivity index (χ3v) is 5.55. The second kappa shape index (κ2) is 6.28. The number of hydrogen-bond acceptors (Lipinski definition) is 7. The molecule has 2 aliphatic rings. The van der Waals surface area contributed by atoms with Gasteiger partial charge in [0.25, 0.3) is 0 Å². The first-order valence-corrected chi connectivity index (χ1v) is 9.63. The van der Waals surface area contributed by atoms with Crippen LogP contribution in [0.25, 0.3) is 0 Å². The molecule has 0 amide bonds. The number of aromatic nitrogens is 1. The topological polar surface area (TPSA) is 73.0 Å². The van der Waals surface area contributed by atoms with Crippen molar-refractivity contribution in [3.8, 4) is 11.5 Å². The lowest BCUT2D eigenvalue weighted by Crippen LogP contribution is -2.29. The summed E-state index contributed by atoms with van der Waals surface area (Å²) in [6.07, 6.45) is 2.63. The van der Waals surface area contributed by atoms with Crippen LogP contribution < -0.4 is 20.2 Å². The van der Waals surface area contributed by atoms with Gasteiger partial charge in [0.2, 0.25) is 11.9 Å². The molecular weight excluding hydrogens is 360 g/mol. The van der Waals surface area contributed by atoms with Crippen molar-refractivity contribution in [2.75, 3.05) is 17.5 Å². The quantitative estimate of drug-likeness (QED) is 0.689. The summed E-state index contributed by atoms with van der Waals surface area (Å²) in [5.74, 6) is 1.55. The summed E-state index contributed by atoms with van der Waals surface area (Å²) in [7, 11) is 0. The molecule has 2 aliphatic heterocycles. The molecule has 0 radical (unpaired) electrons. The van der Waals surface area contributed by atoms with Crippen molar-refractivity contribution in [2.24, 2.45) is 5.10 Å². The molecule has 0 saturated heterocycles. The second-order valence-electron chi connectivity index (χ2n) is 6.65. The molecule has 3 aromatic rings. The molecule has 2 N–H and O–H groups in total. The van der Waals surface area contributed by atoms with Gasteiger partial charge in [-0.2, -0.15) is 5.10 Å². The Morgan fingerprint density at radius 3 is 2.67 bits per heavy atom. The van der Waals surface area contributed by atoms with E-state index >= 15 is 0 Å². The fourth-order valence-electron chi connectivity index (χ4n) is 3.45. The highest BCUT2D eigenvalue weighted by molar-refractivity contribution is 7.13. The van der Waals surface area contributed by atoms with Gasteiger partial charge in [-0.3, -0.25) is 0 Å². The van der Waals surface area contributed by atoms with Crippen LogP contribution in [0.15, 0.2) is 53.1 Å². The maximum atomic E-state index is 5.89. The van der Waals surface area contributed by atoms with Gasteiger partial charge in [0, 0.05) is 28.4 Å². The molecule has 0 unspecified atom stereocenters. The zero-order chi connectivity index (χ0) is 18.4. The Balaban J connectivity index is 1.71. The second-order valence-corrected chi connectivity index (χ2v) is 7.52. The number of rotatable bonds is 2. The maximum absolute atomic E-state index is 5.89. The van der Waals surface area contributed by atoms with Gasteiger partial charge < -0.3 is 15.2 Å². The molecule has 1 atom stereocenters. The van der Waals surface area contributed by atoms with Crippen molar-refractivity contribution in [2.45, 2.75) is 19.4 Å². The van der Waals surface area contributed by atoms with E-state index in [1.54, 1.807) is 17.5 Å². The van der Waals surface area contributed by atoms with E-state index in [1.165, 1.54) is 5.56 Å². The van der Waals surface area contributed by atoms with Gasteiger partial charge in [0.1, 0.15) is 0 Å². The average molecular weight is 378 g/mol. The van der Waals surface area contributed by atoms with E-state index in [2.05, 4.69) is 18.0 Å². The van der Waals surface area contributed by atoms with Crippen LogP contribution in [-0.2, 0) is 6.42 Å². The average Bonchev–Trinajstić information content (AvgIpc) is 3.32. The number of ether oxygens (including phenoxy) is 2. The highest BCUT2D eigenvalue weighted by atomic mass is 32.1. The highest BCUT2D eigenvalue weighted by Crippen LogP contribution is 2.38. The first-order chi connectivity index (χ1) is 13.2. The van der Waals surface area contributed by atoms with Crippen LogP contribution in [-0.4, -0.2) is 23.5 Å². The molecule has 7 heteroatoms. The van der Waals surface area contributed by atoms with Crippen molar-refractivity contribution in [1.29, 1.82) is 0 Å². The third kappa shape index (κ3) is 2.80. The number of benzene rings is 2. The molecule has 0 fully saturated rings. The first-order valence-electron chi connectivity index (χ1n) is 8.75. The monoisotopic (exact) mass is 378 g/mol. The lowest BCUT2D eigenvalue weighted by molar-refractivity contribution is 0.174. The Labute approximate surface area is 160 Å². The molecule has 136 valence electrons. The highest BCUT2D eigenvalue weighted by Gasteiger charge is 2.28. The van der Waals surface area contributed by atoms with E-state index in [4.69, 9.17) is 20.3 Å². The minimum Gasteiger partial charge on any atom is -0.454 e. The van der Waals surface area contributed by atoms with Crippen molar-refractivity contribution in [3.05, 3.63) is 64.7 Å². The minimum absolute atomic E-state index is 0.154. The van der Waals surface area contributed by atoms with Crippen LogP contribution in [0.3, 0.4) is 0 Å². The molecule has 5 rings (SSSR count). The maximum Gasteiger partial charge on any atom is 0.231 e. The standard InChI is InChI=1S/C20H18N4O2S/c1-12-8-14-9-17-18(26-11-25-17)10-16(14)19(13-2-4-15(21)5-3-13)23-24(12)20-22-6-7-27-20/h2-7,9-10,12H,8,11,21H2,1H3/t12-/m0/s1. The fourth-order valence-corrected chi connectivity index (χ4v) is 4.15. The Kier molecular flexibility index (Phi) is 3.75. The molecule has 3 heterocycles. The number of nitrogens with zero attached hydrogens (tertiary/aromatic N) is 3. The van der Waals surface area contributed by atoms with Gasteiger partial charge in [-0.1, -0.05) is 12.1 Å². The van der Waals surface area contributed by atoms with E-state index in [9.17, 15) is 0 Å². The van der Waals surface area contributed by atoms with E-state index in [0.717, 1.165) is 45.6 Å². The fraction of sp³-hybridized carbons (Fsp3) is 0.200. The summed E-state index contributed by atoms with van der Waals surface area (Å²) >= 11 is 1.58. The molecule has 27 heavy (non-hydrogen) atoms. The Hall–Kier alpha value is -3.06. The summed E-state index contributed by atoms with van der Waals surface area (Å²) in [5.41, 5.74) is 10.7. The Morgan fingerprint density at radius 1 is 1.15 bits per heavy atom. The van der Waals surface area contributed by atoms with Gasteiger partial charge in [-0.25, -0.2) is 9.99 Å². The van der Waals surface area contributed by atoms with Crippen LogP contribution in [0.4, 0.5) is 10.8 Å². The van der Waals surface area contributed by atoms with E-state index in [1.807, 2.05) is 40.7 Å². The number of fused-ring (bicyclic) bond motifs is 2. The van der Waals surface area contributed by atoms with Crippen LogP contribution in [0.1, 0.15) is 23.6 Å². The van der Waals surface area contributed by atoms with Gasteiger partial charge >= 0.3 is 0 Å². The molecule has 6 nitrogen and oxygen atoms in total. The normalized spacial score (nSPS) is 18.0. The number of thiazole rings is 1. The van der Waals surface area contributed by atoms with E-state index in [-0.39, 0.29) is 12.8 Å². The molecule has 1 aromatic heterocycles. The zero-order valence-electron chi connectivity index (χ0n) is 14.8. The van der Waals surface area contributed by atoms with Crippen LogP contribution in [0.2, 0.25) is 0 Å². The molecule has 0 bridgehead atoms. The lowest BCUT2D eigenvalue weighted by Gasteiger charge is -2.22. The molecule has 0 spiro atoms. The zero-order valence-corrected chi connectivity index (χ0v) is 15.6. The van der Waals surface area contributed by atoms with E-state index in [0.29, 0.717) is 0 Å². The number of nitrogens with two attached hydrogens (primary N) is 1. The van der Waals surface area contributed by atoms with E-state index < -0.39 is 0 Å². The number of hydrogen-bond donors (Lipinski definition) is 1. The summed E-state index contributed by atoms with van der Waals surface area (Å²) < 4.78 is 11.2. The molecular formula is C20H18N4O2S. The van der Waals surface area contributed by atoms with Gasteiger partial charge in [0.05, 0.1) is 11.8 Å². The van der Waals surface area contributed by atoms with Crippen LogP contribution >= 0.6 is 11.3 Å². The van der Waals surface area contributed by atoms with Crippen LogP contribution in [0, 0.1) is 0 Å². The van der Waals surface area contributed by atoms with Gasteiger partial charge in [-0.05, 0) is 43.2 Å². The van der Waals surface area contributed by atoms with Crippen molar-refractivity contribution in [3.63, 3.8) is 0 Å². The largest absolute Gasteiger partial charge is 0.454 e. The van der Waals surface area contributed by atoms with Crippen molar-refractivity contribution in [1.82, 2.24) is 4.98 Å². The van der Waals surface area contributed by atoms with Gasteiger partial charge in [0.15, 0.2) is 11.5 Å². The number of hydrazone groups is 1. The summed E-state index contributed by atoms with van der Waals surface area (Å²) in [6, 6.07) is 12.1. The SMILES string of the molecule is C[C@H]1Cc2cc3c(cc2C(c2ccc(N)cc2)=NN1c1nccs1)OCO3. The Bertz CT molecular complexity index is 1020. The van der Waals surface area contributed by atoms with Crippen LogP contribution in [0.5, 0.6) is 11.5 Å². The molecule has 0 saturated carbocycles. The molecule has 0 aliphatic carbocycles. The first kappa shape index (κ1) is 16.1. The van der Waals surface area contributed by atoms with Crippen molar-refractivity contribution >= 4 is 27.9 Å². The minimum atomic E-state index is 0.154. The summed E-state index contributed by atoms with van der Waals surface area (Å²) in [6.45, 7) is 2.42. The summed E-state index contributed by atoms with van der Waals surface area (Å²) in [4.78, 5) is 4.47. The Morgan fingerprint density at radius 2 is 1.93 bits per heavy atom. The smallest absolute Gasteiger partial charge is 0.231 e. The molecule has 2 aromatic carbocycles. The summed E-state index contributed by atoms with van der Waals surface area (Å²) in [5, 5.41) is 9.87. The number of anilines is 2.